The molecule has 0 bridgehead atoms. The summed E-state index contributed by atoms with van der Waals surface area (Å²) in [5.41, 5.74) is 3.00. The van der Waals surface area contributed by atoms with Crippen molar-refractivity contribution in [2.24, 2.45) is 4.99 Å². The smallest absolute Gasteiger partial charge is 0.199 e. The van der Waals surface area contributed by atoms with Crippen LogP contribution >= 0.6 is 24.0 Å². The highest BCUT2D eigenvalue weighted by molar-refractivity contribution is 8.13. The van der Waals surface area contributed by atoms with Crippen LogP contribution in [0.4, 0.5) is 17.1 Å². The molecule has 1 N–H and O–H groups in total. The predicted molar refractivity (Wildman–Crippen MR) is 119 cm³/mol. The van der Waals surface area contributed by atoms with E-state index in [1.54, 1.807) is 11.8 Å². The Morgan fingerprint density at radius 1 is 0.808 bits per heavy atom. The Hall–Kier alpha value is -2.63. The van der Waals surface area contributed by atoms with Crippen LogP contribution in [0.1, 0.15) is 0 Å². The average Bonchev–Trinajstić information content (AvgIpc) is 2.70. The van der Waals surface area contributed by atoms with Crippen LogP contribution in [0.25, 0.3) is 0 Å². The van der Waals surface area contributed by atoms with Gasteiger partial charge in [-0.05, 0) is 54.9 Å². The van der Waals surface area contributed by atoms with Gasteiger partial charge in [0.25, 0.3) is 0 Å². The zero-order chi connectivity index (χ0) is 18.2. The molecule has 3 nitrogen and oxygen atoms in total. The van der Waals surface area contributed by atoms with E-state index < -0.39 is 0 Å². The molecule has 3 aromatic carbocycles. The summed E-state index contributed by atoms with van der Waals surface area (Å²) < 4.78 is 0. The summed E-state index contributed by atoms with van der Waals surface area (Å²) in [7, 11) is 0. The van der Waals surface area contributed by atoms with Gasteiger partial charge in [-0.2, -0.15) is 4.99 Å². The van der Waals surface area contributed by atoms with E-state index in [1.165, 1.54) is 0 Å². The normalized spacial score (nSPS) is 11.0. The Morgan fingerprint density at radius 2 is 1.27 bits per heavy atom. The lowest BCUT2D eigenvalue weighted by Crippen LogP contribution is -2.25. The van der Waals surface area contributed by atoms with Crippen LogP contribution in [-0.2, 0) is 0 Å². The highest BCUT2D eigenvalue weighted by atomic mass is 32.2. The SMILES string of the molecule is CS/C(=N\C(=S)Nc1ccccc1)N(c1ccccc1)c1ccccc1. The van der Waals surface area contributed by atoms with E-state index in [0.717, 1.165) is 22.2 Å². The number of hydrogen-bond donors (Lipinski definition) is 1. The molecule has 26 heavy (non-hydrogen) atoms. The van der Waals surface area contributed by atoms with Crippen molar-refractivity contribution in [3.8, 4) is 0 Å². The molecule has 3 rings (SSSR count). The summed E-state index contributed by atoms with van der Waals surface area (Å²) in [6, 6.07) is 30.2. The second-order valence-electron chi connectivity index (χ2n) is 5.40. The first-order valence-corrected chi connectivity index (χ1v) is 9.80. The zero-order valence-corrected chi connectivity index (χ0v) is 16.0. The Morgan fingerprint density at radius 3 is 1.73 bits per heavy atom. The first-order valence-electron chi connectivity index (χ1n) is 8.17. The number of nitrogens with one attached hydrogen (secondary N) is 1. The number of anilines is 3. The van der Waals surface area contributed by atoms with E-state index in [-0.39, 0.29) is 0 Å². The van der Waals surface area contributed by atoms with Gasteiger partial charge in [-0.1, -0.05) is 66.4 Å². The summed E-state index contributed by atoms with van der Waals surface area (Å²) in [5, 5.41) is 4.40. The standard InChI is InChI=1S/C21H19N3S2/c1-26-21(23-20(25)22-17-11-5-2-6-12-17)24(18-13-7-3-8-14-18)19-15-9-4-10-16-19/h2-16H,1H3,(H,22,25)/b23-21-. The molecule has 3 aromatic rings. The van der Waals surface area contributed by atoms with Gasteiger partial charge in [0.05, 0.1) is 0 Å². The number of benzene rings is 3. The lowest BCUT2D eigenvalue weighted by atomic mass is 10.2. The van der Waals surface area contributed by atoms with Crippen LogP contribution in [0.3, 0.4) is 0 Å². The molecule has 0 aliphatic carbocycles. The minimum atomic E-state index is 0.428. The Labute approximate surface area is 163 Å². The lowest BCUT2D eigenvalue weighted by Gasteiger charge is -2.25. The van der Waals surface area contributed by atoms with E-state index in [4.69, 9.17) is 12.2 Å². The first kappa shape index (κ1) is 18.2. The molecule has 130 valence electrons. The van der Waals surface area contributed by atoms with Crippen molar-refractivity contribution in [1.29, 1.82) is 0 Å². The quantitative estimate of drug-likeness (QED) is 0.347. The molecule has 0 atom stereocenters. The van der Waals surface area contributed by atoms with Gasteiger partial charge in [-0.25, -0.2) is 0 Å². The second kappa shape index (κ2) is 9.17. The van der Waals surface area contributed by atoms with E-state index in [1.807, 2.05) is 73.0 Å². The molecule has 0 saturated heterocycles. The monoisotopic (exact) mass is 377 g/mol. The fraction of sp³-hybridized carbons (Fsp3) is 0.0476. The first-order chi connectivity index (χ1) is 12.8. The van der Waals surface area contributed by atoms with Gasteiger partial charge in [0, 0.05) is 17.1 Å². The minimum absolute atomic E-state index is 0.428. The highest BCUT2D eigenvalue weighted by Crippen LogP contribution is 2.28. The molecule has 0 aliphatic heterocycles. The topological polar surface area (TPSA) is 27.6 Å². The number of thiocarbonyl (C=S) groups is 1. The number of thioether (sulfide) groups is 1. The molecule has 0 fully saturated rings. The fourth-order valence-corrected chi connectivity index (χ4v) is 3.31. The largest absolute Gasteiger partial charge is 0.331 e. The van der Waals surface area contributed by atoms with Crippen LogP contribution in [0.5, 0.6) is 0 Å². The van der Waals surface area contributed by atoms with Gasteiger partial charge in [0.15, 0.2) is 10.3 Å². The maximum absolute atomic E-state index is 5.46. The van der Waals surface area contributed by atoms with Crippen molar-refractivity contribution in [1.82, 2.24) is 0 Å². The highest BCUT2D eigenvalue weighted by Gasteiger charge is 2.16. The van der Waals surface area contributed by atoms with Gasteiger partial charge in [0.2, 0.25) is 0 Å². The Balaban J connectivity index is 1.94. The predicted octanol–water partition coefficient (Wildman–Crippen LogP) is 5.94. The number of amidine groups is 1. The average molecular weight is 378 g/mol. The van der Waals surface area contributed by atoms with E-state index in [9.17, 15) is 0 Å². The summed E-state index contributed by atoms with van der Waals surface area (Å²) in [6.45, 7) is 0. The van der Waals surface area contributed by atoms with E-state index in [0.29, 0.717) is 5.11 Å². The molecule has 5 heteroatoms. The van der Waals surface area contributed by atoms with Crippen LogP contribution in [0, 0.1) is 0 Å². The van der Waals surface area contributed by atoms with Gasteiger partial charge in [-0.15, -0.1) is 0 Å². The van der Waals surface area contributed by atoms with E-state index >= 15 is 0 Å². The summed E-state index contributed by atoms with van der Waals surface area (Å²) >= 11 is 7.01. The van der Waals surface area contributed by atoms with E-state index in [2.05, 4.69) is 39.5 Å². The van der Waals surface area contributed by atoms with Gasteiger partial charge in [-0.3, -0.25) is 4.90 Å². The number of rotatable bonds is 3. The molecule has 0 aliphatic rings. The molecule has 0 radical (unpaired) electrons. The summed E-state index contributed by atoms with van der Waals surface area (Å²) in [4.78, 5) is 6.77. The molecular formula is C21H19N3S2. The van der Waals surface area contributed by atoms with Crippen LogP contribution in [0.15, 0.2) is 96.0 Å². The van der Waals surface area contributed by atoms with Crippen molar-refractivity contribution < 1.29 is 0 Å². The van der Waals surface area contributed by atoms with Crippen LogP contribution < -0.4 is 10.2 Å². The second-order valence-corrected chi connectivity index (χ2v) is 6.56. The summed E-state index contributed by atoms with van der Waals surface area (Å²) in [5.74, 6) is 0. The third-order valence-corrected chi connectivity index (χ3v) is 4.46. The molecule has 0 amide bonds. The van der Waals surface area contributed by atoms with Crippen molar-refractivity contribution in [2.75, 3.05) is 16.5 Å². The Bertz CT molecular complexity index is 826. The van der Waals surface area contributed by atoms with Crippen molar-refractivity contribution in [3.63, 3.8) is 0 Å². The van der Waals surface area contributed by atoms with Crippen LogP contribution in [-0.4, -0.2) is 16.5 Å². The van der Waals surface area contributed by atoms with Crippen molar-refractivity contribution in [2.45, 2.75) is 0 Å². The maximum atomic E-state index is 5.46. The van der Waals surface area contributed by atoms with Crippen LogP contribution in [0.2, 0.25) is 0 Å². The molecule has 0 heterocycles. The van der Waals surface area contributed by atoms with Crippen molar-refractivity contribution >= 4 is 51.3 Å². The molecule has 0 spiro atoms. The van der Waals surface area contributed by atoms with Gasteiger partial charge < -0.3 is 5.32 Å². The minimum Gasteiger partial charge on any atom is -0.331 e. The molecule has 0 aromatic heterocycles. The van der Waals surface area contributed by atoms with Gasteiger partial charge in [0.1, 0.15) is 0 Å². The number of hydrogen-bond acceptors (Lipinski definition) is 2. The molecule has 0 saturated carbocycles. The maximum Gasteiger partial charge on any atom is 0.199 e. The summed E-state index contributed by atoms with van der Waals surface area (Å²) in [6.07, 6.45) is 2.00. The fourth-order valence-electron chi connectivity index (χ4n) is 2.47. The molecule has 0 unspecified atom stereocenters. The number of aliphatic imine (C=N–C) groups is 1. The lowest BCUT2D eigenvalue weighted by molar-refractivity contribution is 1.36. The number of para-hydroxylation sites is 3. The van der Waals surface area contributed by atoms with Gasteiger partial charge >= 0.3 is 0 Å². The number of nitrogens with zero attached hydrogens (tertiary/aromatic N) is 2. The molecular weight excluding hydrogens is 358 g/mol. The zero-order valence-electron chi connectivity index (χ0n) is 14.4. The third-order valence-electron chi connectivity index (χ3n) is 3.62. The van der Waals surface area contributed by atoms with Crippen molar-refractivity contribution in [3.05, 3.63) is 91.0 Å². The Kier molecular flexibility index (Phi) is 6.41. The third kappa shape index (κ3) is 4.71.